The summed E-state index contributed by atoms with van der Waals surface area (Å²) in [6, 6.07) is 13.1. The Labute approximate surface area is 179 Å². The van der Waals surface area contributed by atoms with Crippen LogP contribution < -0.4 is 0 Å². The van der Waals surface area contributed by atoms with E-state index in [4.69, 9.17) is 4.74 Å². The Kier molecular flexibility index (Phi) is 4.80. The van der Waals surface area contributed by atoms with Crippen molar-refractivity contribution in [1.29, 1.82) is 0 Å². The summed E-state index contributed by atoms with van der Waals surface area (Å²) in [5.74, 6) is -0.197. The van der Waals surface area contributed by atoms with Gasteiger partial charge >= 0.3 is 5.97 Å². The van der Waals surface area contributed by atoms with Gasteiger partial charge in [0, 0.05) is 23.2 Å². The van der Waals surface area contributed by atoms with Crippen molar-refractivity contribution in [2.75, 3.05) is 0 Å². The van der Waals surface area contributed by atoms with Crippen molar-refractivity contribution in [2.24, 2.45) is 5.41 Å². The summed E-state index contributed by atoms with van der Waals surface area (Å²) in [7, 11) is 0. The number of ether oxygens (including phenoxy) is 1. The highest BCUT2D eigenvalue weighted by atomic mass is 16.6. The Morgan fingerprint density at radius 3 is 2.53 bits per heavy atom. The second kappa shape index (κ2) is 6.97. The summed E-state index contributed by atoms with van der Waals surface area (Å²) in [4.78, 5) is 20.7. The van der Waals surface area contributed by atoms with E-state index < -0.39 is 11.0 Å². The molecule has 1 aliphatic carbocycles. The molecule has 1 saturated carbocycles. The number of benzene rings is 1. The van der Waals surface area contributed by atoms with E-state index in [1.54, 1.807) is 0 Å². The zero-order valence-electron chi connectivity index (χ0n) is 18.9. The third-order valence-electron chi connectivity index (χ3n) is 6.01. The average Bonchev–Trinajstić information content (AvgIpc) is 3.26. The number of aromatic nitrogens is 2. The highest BCUT2D eigenvalue weighted by molar-refractivity contribution is 5.86. The van der Waals surface area contributed by atoms with Crippen LogP contribution in [0, 0.1) is 5.41 Å². The van der Waals surface area contributed by atoms with Crippen LogP contribution in [-0.4, -0.2) is 21.5 Å². The van der Waals surface area contributed by atoms with Crippen molar-refractivity contribution < 1.29 is 9.53 Å². The number of esters is 1. The maximum atomic E-state index is 12.6. The van der Waals surface area contributed by atoms with Crippen LogP contribution in [0.5, 0.6) is 0 Å². The Bertz CT molecular complexity index is 1100. The minimum atomic E-state index is -0.638. The van der Waals surface area contributed by atoms with Gasteiger partial charge in [0.15, 0.2) is 0 Å². The lowest BCUT2D eigenvalue weighted by atomic mass is 9.87. The number of H-pyrrole nitrogens is 1. The highest BCUT2D eigenvalue weighted by Gasteiger charge is 2.39. The molecule has 158 valence electrons. The van der Waals surface area contributed by atoms with Crippen LogP contribution in [0.3, 0.4) is 0 Å². The lowest BCUT2D eigenvalue weighted by molar-refractivity contribution is -0.165. The molecule has 2 heterocycles. The molecule has 30 heavy (non-hydrogen) atoms. The minimum Gasteiger partial charge on any atom is -0.460 e. The SMILES string of the molecule is CC(C)(C)OC(=O)C(C)(C)Cc1cc2cc(-c3cccc(C4(C)CC4)c3)[nH]c2cn1. The molecule has 1 aliphatic rings. The summed E-state index contributed by atoms with van der Waals surface area (Å²) in [6.45, 7) is 11.8. The predicted molar refractivity (Wildman–Crippen MR) is 121 cm³/mol. The molecule has 4 nitrogen and oxygen atoms in total. The van der Waals surface area contributed by atoms with Crippen LogP contribution in [0.15, 0.2) is 42.6 Å². The fraction of sp³-hybridized carbons (Fsp3) is 0.462. The molecule has 1 N–H and O–H groups in total. The van der Waals surface area contributed by atoms with Crippen molar-refractivity contribution >= 4 is 16.9 Å². The molecule has 0 bridgehead atoms. The zero-order valence-corrected chi connectivity index (χ0v) is 18.9. The molecule has 0 saturated heterocycles. The Morgan fingerprint density at radius 1 is 1.13 bits per heavy atom. The number of pyridine rings is 1. The molecule has 1 fully saturated rings. The summed E-state index contributed by atoms with van der Waals surface area (Å²) in [6.07, 6.45) is 4.94. The van der Waals surface area contributed by atoms with Gasteiger partial charge < -0.3 is 9.72 Å². The molecule has 4 rings (SSSR count). The number of carbonyl (C=O) groups excluding carboxylic acids is 1. The van der Waals surface area contributed by atoms with E-state index in [0.29, 0.717) is 11.8 Å². The fourth-order valence-electron chi connectivity index (χ4n) is 3.81. The van der Waals surface area contributed by atoms with E-state index >= 15 is 0 Å². The first-order valence-electron chi connectivity index (χ1n) is 10.8. The van der Waals surface area contributed by atoms with E-state index in [1.165, 1.54) is 24.0 Å². The third-order valence-corrected chi connectivity index (χ3v) is 6.01. The first-order valence-corrected chi connectivity index (χ1v) is 10.8. The Balaban J connectivity index is 1.58. The van der Waals surface area contributed by atoms with Gasteiger partial charge in [0.25, 0.3) is 0 Å². The molecule has 1 aromatic carbocycles. The van der Waals surface area contributed by atoms with Gasteiger partial charge in [-0.1, -0.05) is 25.1 Å². The first kappa shape index (κ1) is 20.6. The van der Waals surface area contributed by atoms with Crippen LogP contribution in [0.25, 0.3) is 22.2 Å². The van der Waals surface area contributed by atoms with Gasteiger partial charge in [-0.15, -0.1) is 0 Å². The van der Waals surface area contributed by atoms with Crippen molar-refractivity contribution in [1.82, 2.24) is 9.97 Å². The molecule has 0 atom stereocenters. The molecule has 0 unspecified atom stereocenters. The van der Waals surface area contributed by atoms with Crippen LogP contribution >= 0.6 is 0 Å². The van der Waals surface area contributed by atoms with E-state index in [-0.39, 0.29) is 5.97 Å². The van der Waals surface area contributed by atoms with Gasteiger partial charge in [-0.25, -0.2) is 0 Å². The Hall–Kier alpha value is -2.62. The third kappa shape index (κ3) is 4.28. The van der Waals surface area contributed by atoms with E-state index in [0.717, 1.165) is 22.3 Å². The maximum absolute atomic E-state index is 12.6. The lowest BCUT2D eigenvalue weighted by Crippen LogP contribution is -2.35. The normalized spacial score (nSPS) is 15.9. The molecular formula is C26H32N2O2. The fourth-order valence-corrected chi connectivity index (χ4v) is 3.81. The number of rotatable bonds is 5. The molecule has 3 aromatic rings. The first-order chi connectivity index (χ1) is 14.0. The van der Waals surface area contributed by atoms with Gasteiger partial charge in [-0.05, 0) is 82.2 Å². The number of aromatic amines is 1. The van der Waals surface area contributed by atoms with Crippen molar-refractivity contribution in [3.05, 3.63) is 53.9 Å². The quantitative estimate of drug-likeness (QED) is 0.516. The van der Waals surface area contributed by atoms with Gasteiger partial charge in [0.05, 0.1) is 17.1 Å². The summed E-state index contributed by atoms with van der Waals surface area (Å²) in [5.41, 5.74) is 4.83. The van der Waals surface area contributed by atoms with Crippen LogP contribution in [0.1, 0.15) is 65.6 Å². The van der Waals surface area contributed by atoms with E-state index in [9.17, 15) is 4.79 Å². The average molecular weight is 405 g/mol. The molecule has 2 aromatic heterocycles. The summed E-state index contributed by atoms with van der Waals surface area (Å²) in [5, 5.41) is 1.11. The predicted octanol–water partition coefficient (Wildman–Crippen LogP) is 6.19. The molecular weight excluding hydrogens is 372 g/mol. The minimum absolute atomic E-state index is 0.197. The summed E-state index contributed by atoms with van der Waals surface area (Å²) >= 11 is 0. The number of carbonyl (C=O) groups is 1. The number of hydrogen-bond donors (Lipinski definition) is 1. The van der Waals surface area contributed by atoms with Crippen molar-refractivity contribution in [3.63, 3.8) is 0 Å². The number of nitrogens with one attached hydrogen (secondary N) is 1. The smallest absolute Gasteiger partial charge is 0.312 e. The molecule has 0 aliphatic heterocycles. The van der Waals surface area contributed by atoms with E-state index in [2.05, 4.69) is 53.3 Å². The zero-order chi connectivity index (χ0) is 21.7. The summed E-state index contributed by atoms with van der Waals surface area (Å²) < 4.78 is 5.59. The van der Waals surface area contributed by atoms with Crippen LogP contribution in [0.4, 0.5) is 0 Å². The topological polar surface area (TPSA) is 55.0 Å². The number of nitrogens with zero attached hydrogens (tertiary/aromatic N) is 1. The van der Waals surface area contributed by atoms with Crippen LogP contribution in [0.2, 0.25) is 0 Å². The van der Waals surface area contributed by atoms with Gasteiger partial charge in [-0.3, -0.25) is 9.78 Å². The Morgan fingerprint density at radius 2 is 1.87 bits per heavy atom. The largest absolute Gasteiger partial charge is 0.460 e. The number of hydrogen-bond acceptors (Lipinski definition) is 3. The van der Waals surface area contributed by atoms with Crippen LogP contribution in [-0.2, 0) is 21.4 Å². The second-order valence-electron chi connectivity index (χ2n) is 10.6. The maximum Gasteiger partial charge on any atom is 0.312 e. The standard InChI is InChI=1S/C26H32N2O2/c1-24(2,3)30-23(29)25(4,5)15-20-13-18-14-21(28-22(18)16-27-20)17-8-7-9-19(12-17)26(6)10-11-26/h7-9,12-14,16,28H,10-11,15H2,1-6H3. The highest BCUT2D eigenvalue weighted by Crippen LogP contribution is 2.48. The van der Waals surface area contributed by atoms with Gasteiger partial charge in [0.2, 0.25) is 0 Å². The lowest BCUT2D eigenvalue weighted by Gasteiger charge is -2.28. The van der Waals surface area contributed by atoms with E-state index in [1.807, 2.05) is 40.8 Å². The monoisotopic (exact) mass is 404 g/mol. The number of fused-ring (bicyclic) bond motifs is 1. The van der Waals surface area contributed by atoms with Crippen molar-refractivity contribution in [2.45, 2.75) is 71.8 Å². The van der Waals surface area contributed by atoms with Gasteiger partial charge in [-0.2, -0.15) is 0 Å². The molecule has 0 spiro atoms. The molecule has 0 radical (unpaired) electrons. The van der Waals surface area contributed by atoms with Crippen molar-refractivity contribution in [3.8, 4) is 11.3 Å². The van der Waals surface area contributed by atoms with Gasteiger partial charge in [0.1, 0.15) is 5.60 Å². The second-order valence-corrected chi connectivity index (χ2v) is 10.6. The molecule has 4 heteroatoms. The molecule has 0 amide bonds.